The number of carbonyl (C=O) groups excluding carboxylic acids is 1. The van der Waals surface area contributed by atoms with Gasteiger partial charge in [-0.05, 0) is 24.3 Å². The van der Waals surface area contributed by atoms with Gasteiger partial charge in [-0.3, -0.25) is 4.79 Å². The summed E-state index contributed by atoms with van der Waals surface area (Å²) in [5.41, 5.74) is 0.281. The third-order valence-corrected chi connectivity index (χ3v) is 2.97. The van der Waals surface area contributed by atoms with Crippen LogP contribution in [0.5, 0.6) is 0 Å². The minimum Gasteiger partial charge on any atom is -0.477 e. The molecule has 1 aromatic heterocycles. The van der Waals surface area contributed by atoms with Gasteiger partial charge in [-0.2, -0.15) is 0 Å². The third kappa shape index (κ3) is 2.51. The number of benzene rings is 1. The Kier molecular flexibility index (Phi) is 3.40. The summed E-state index contributed by atoms with van der Waals surface area (Å²) in [6.07, 6.45) is 1.39. The first kappa shape index (κ1) is 13.3. The Morgan fingerprint density at radius 1 is 1.26 bits per heavy atom. The van der Waals surface area contributed by atoms with Crippen LogP contribution in [0.3, 0.4) is 0 Å². The predicted molar refractivity (Wildman–Crippen MR) is 67.2 cm³/mol. The van der Waals surface area contributed by atoms with Crippen molar-refractivity contribution < 1.29 is 19.1 Å². The number of carboxylic acids is 1. The van der Waals surface area contributed by atoms with Crippen LogP contribution in [-0.4, -0.2) is 21.4 Å². The van der Waals surface area contributed by atoms with Gasteiger partial charge in [0.2, 0.25) is 0 Å². The molecular weight excluding hydrogens is 273 g/mol. The topological polar surface area (TPSA) is 59.3 Å². The number of halogens is 2. The molecule has 0 aliphatic heterocycles. The van der Waals surface area contributed by atoms with Gasteiger partial charge in [0, 0.05) is 24.4 Å². The van der Waals surface area contributed by atoms with E-state index in [9.17, 15) is 14.0 Å². The first-order valence-electron chi connectivity index (χ1n) is 5.29. The average molecular weight is 282 g/mol. The van der Waals surface area contributed by atoms with Gasteiger partial charge in [0.1, 0.15) is 11.5 Å². The minimum atomic E-state index is -1.14. The molecule has 0 saturated carbocycles. The van der Waals surface area contributed by atoms with Crippen molar-refractivity contribution in [1.82, 2.24) is 4.57 Å². The van der Waals surface area contributed by atoms with Gasteiger partial charge in [0.25, 0.3) is 0 Å². The van der Waals surface area contributed by atoms with Crippen LogP contribution in [0, 0.1) is 5.82 Å². The van der Waals surface area contributed by atoms with Gasteiger partial charge in [-0.25, -0.2) is 9.18 Å². The second-order valence-corrected chi connectivity index (χ2v) is 4.40. The second-order valence-electron chi connectivity index (χ2n) is 3.99. The maximum atomic E-state index is 13.3. The zero-order valence-corrected chi connectivity index (χ0v) is 10.6. The lowest BCUT2D eigenvalue weighted by molar-refractivity contribution is 0.0686. The lowest BCUT2D eigenvalue weighted by Gasteiger charge is -1.99. The Balaban J connectivity index is 2.41. The zero-order valence-electron chi connectivity index (χ0n) is 9.85. The van der Waals surface area contributed by atoms with Gasteiger partial charge in [0.05, 0.1) is 5.02 Å². The van der Waals surface area contributed by atoms with Crippen LogP contribution < -0.4 is 0 Å². The molecule has 2 aromatic rings. The SMILES string of the molecule is Cn1cc(C(=O)c2ccc(Cl)c(F)c2)cc1C(=O)O. The number of hydrogen-bond acceptors (Lipinski definition) is 2. The number of carbonyl (C=O) groups is 2. The third-order valence-electron chi connectivity index (χ3n) is 2.67. The molecule has 0 aliphatic carbocycles. The Labute approximate surface area is 113 Å². The first-order chi connectivity index (χ1) is 8.90. The number of rotatable bonds is 3. The Morgan fingerprint density at radius 3 is 2.47 bits per heavy atom. The lowest BCUT2D eigenvalue weighted by atomic mass is 10.1. The molecule has 1 heterocycles. The van der Waals surface area contributed by atoms with Crippen LogP contribution in [0.2, 0.25) is 5.02 Å². The summed E-state index contributed by atoms with van der Waals surface area (Å²) >= 11 is 5.53. The molecule has 2 rings (SSSR count). The number of aromatic carboxylic acids is 1. The van der Waals surface area contributed by atoms with Crippen molar-refractivity contribution in [3.05, 3.63) is 58.1 Å². The van der Waals surface area contributed by atoms with E-state index in [2.05, 4.69) is 0 Å². The number of carboxylic acid groups (broad SMARTS) is 1. The molecule has 1 N–H and O–H groups in total. The average Bonchev–Trinajstić information content (AvgIpc) is 2.74. The number of aryl methyl sites for hydroxylation is 1. The molecule has 0 radical (unpaired) electrons. The van der Waals surface area contributed by atoms with E-state index in [1.165, 1.54) is 36.0 Å². The fourth-order valence-corrected chi connectivity index (χ4v) is 1.82. The molecule has 1 aromatic carbocycles. The second kappa shape index (κ2) is 4.85. The Morgan fingerprint density at radius 2 is 1.95 bits per heavy atom. The van der Waals surface area contributed by atoms with Gasteiger partial charge in [-0.15, -0.1) is 0 Å². The first-order valence-corrected chi connectivity index (χ1v) is 5.67. The molecular formula is C13H9ClFNO3. The van der Waals surface area contributed by atoms with Crippen LogP contribution in [-0.2, 0) is 7.05 Å². The highest BCUT2D eigenvalue weighted by Gasteiger charge is 2.17. The molecule has 0 bridgehead atoms. The monoisotopic (exact) mass is 281 g/mol. The van der Waals surface area contributed by atoms with Crippen LogP contribution in [0.1, 0.15) is 26.4 Å². The molecule has 0 saturated heterocycles. The highest BCUT2D eigenvalue weighted by molar-refractivity contribution is 6.30. The highest BCUT2D eigenvalue weighted by atomic mass is 35.5. The quantitative estimate of drug-likeness (QED) is 0.880. The largest absolute Gasteiger partial charge is 0.477 e. The fraction of sp³-hybridized carbons (Fsp3) is 0.0769. The van der Waals surface area contributed by atoms with E-state index in [-0.39, 0.29) is 21.8 Å². The van der Waals surface area contributed by atoms with Gasteiger partial charge < -0.3 is 9.67 Å². The normalized spacial score (nSPS) is 10.5. The number of ketones is 1. The van der Waals surface area contributed by atoms with Crippen molar-refractivity contribution in [1.29, 1.82) is 0 Å². The molecule has 98 valence electrons. The zero-order chi connectivity index (χ0) is 14.2. The van der Waals surface area contributed by atoms with Crippen LogP contribution in [0.4, 0.5) is 4.39 Å². The smallest absolute Gasteiger partial charge is 0.352 e. The van der Waals surface area contributed by atoms with Gasteiger partial charge >= 0.3 is 5.97 Å². The molecule has 19 heavy (non-hydrogen) atoms. The van der Waals surface area contributed by atoms with E-state index in [0.29, 0.717) is 0 Å². The number of nitrogens with zero attached hydrogens (tertiary/aromatic N) is 1. The summed E-state index contributed by atoms with van der Waals surface area (Å²) < 4.78 is 14.6. The fourth-order valence-electron chi connectivity index (χ4n) is 1.71. The highest BCUT2D eigenvalue weighted by Crippen LogP contribution is 2.19. The van der Waals surface area contributed by atoms with Crippen molar-refractivity contribution in [2.75, 3.05) is 0 Å². The molecule has 0 fully saturated rings. The summed E-state index contributed by atoms with van der Waals surface area (Å²) in [4.78, 5) is 23.0. The van der Waals surface area contributed by atoms with E-state index in [1.807, 2.05) is 0 Å². The standard InChI is InChI=1S/C13H9ClFNO3/c1-16-6-8(5-11(16)13(18)19)12(17)7-2-3-9(14)10(15)4-7/h2-6H,1H3,(H,18,19). The summed E-state index contributed by atoms with van der Waals surface area (Å²) in [6, 6.07) is 4.95. The van der Waals surface area contributed by atoms with Gasteiger partial charge in [-0.1, -0.05) is 11.6 Å². The van der Waals surface area contributed by atoms with Crippen molar-refractivity contribution >= 4 is 23.4 Å². The van der Waals surface area contributed by atoms with E-state index < -0.39 is 17.6 Å². The summed E-state index contributed by atoms with van der Waals surface area (Å²) in [6.45, 7) is 0. The number of hydrogen-bond donors (Lipinski definition) is 1. The van der Waals surface area contributed by atoms with E-state index in [4.69, 9.17) is 16.7 Å². The molecule has 0 spiro atoms. The van der Waals surface area contributed by atoms with E-state index in [0.717, 1.165) is 6.07 Å². The molecule has 6 heteroatoms. The van der Waals surface area contributed by atoms with Crippen LogP contribution >= 0.6 is 11.6 Å². The predicted octanol–water partition coefficient (Wildman–Crippen LogP) is 2.75. The van der Waals surface area contributed by atoms with Crippen LogP contribution in [0.25, 0.3) is 0 Å². The maximum absolute atomic E-state index is 13.3. The van der Waals surface area contributed by atoms with Crippen molar-refractivity contribution in [2.45, 2.75) is 0 Å². The van der Waals surface area contributed by atoms with Crippen LogP contribution in [0.15, 0.2) is 30.5 Å². The molecule has 0 aliphatic rings. The van der Waals surface area contributed by atoms with Crippen molar-refractivity contribution in [3.63, 3.8) is 0 Å². The lowest BCUT2D eigenvalue weighted by Crippen LogP contribution is -2.02. The van der Waals surface area contributed by atoms with Crippen molar-refractivity contribution in [3.8, 4) is 0 Å². The molecule has 0 unspecified atom stereocenters. The van der Waals surface area contributed by atoms with E-state index in [1.54, 1.807) is 0 Å². The molecule has 0 amide bonds. The maximum Gasteiger partial charge on any atom is 0.352 e. The number of aromatic nitrogens is 1. The summed E-state index contributed by atoms with van der Waals surface area (Å²) in [5.74, 6) is -2.29. The van der Waals surface area contributed by atoms with E-state index >= 15 is 0 Å². The summed E-state index contributed by atoms with van der Waals surface area (Å²) in [7, 11) is 1.52. The molecule has 4 nitrogen and oxygen atoms in total. The Hall–Kier alpha value is -2.14. The molecule has 0 atom stereocenters. The van der Waals surface area contributed by atoms with Crippen molar-refractivity contribution in [2.24, 2.45) is 7.05 Å². The van der Waals surface area contributed by atoms with Gasteiger partial charge in [0.15, 0.2) is 5.78 Å². The Bertz CT molecular complexity index is 679. The summed E-state index contributed by atoms with van der Waals surface area (Å²) in [5, 5.41) is 8.83. The minimum absolute atomic E-state index is 0.0159.